The summed E-state index contributed by atoms with van der Waals surface area (Å²) in [7, 11) is 1.23. The minimum Gasteiger partial charge on any atom is -0.465 e. The number of benzene rings is 1. The number of anilines is 1. The Balaban J connectivity index is 2.41. The van der Waals surface area contributed by atoms with Gasteiger partial charge < -0.3 is 15.4 Å². The van der Waals surface area contributed by atoms with Crippen molar-refractivity contribution in [3.05, 3.63) is 49.8 Å². The predicted molar refractivity (Wildman–Crippen MR) is 107 cm³/mol. The van der Waals surface area contributed by atoms with Crippen LogP contribution < -0.4 is 10.6 Å². The maximum absolute atomic E-state index is 12.6. The molecule has 2 rings (SSSR count). The van der Waals surface area contributed by atoms with E-state index in [-0.39, 0.29) is 27.1 Å². The highest BCUT2D eigenvalue weighted by Gasteiger charge is 2.26. The lowest BCUT2D eigenvalue weighted by atomic mass is 10.1. The molecule has 144 valence electrons. The third kappa shape index (κ3) is 4.80. The van der Waals surface area contributed by atoms with Gasteiger partial charge in [0.2, 0.25) is 0 Å². The molecule has 0 aliphatic rings. The highest BCUT2D eigenvalue weighted by atomic mass is 35.5. The SMILES string of the molecule is CCCNC(=O)c1sc(NC(=O)c2ccc(Cl)cc2Cl)c(C(=O)OC)c1C. The van der Waals surface area contributed by atoms with Gasteiger partial charge in [-0.25, -0.2) is 4.79 Å². The van der Waals surface area contributed by atoms with Crippen LogP contribution in [0.2, 0.25) is 10.0 Å². The van der Waals surface area contributed by atoms with Crippen molar-refractivity contribution < 1.29 is 19.1 Å². The molecule has 9 heteroatoms. The molecule has 1 heterocycles. The number of halogens is 2. The number of thiophene rings is 1. The summed E-state index contributed by atoms with van der Waals surface area (Å²) in [5.74, 6) is -1.48. The zero-order valence-electron chi connectivity index (χ0n) is 14.9. The van der Waals surface area contributed by atoms with Crippen molar-refractivity contribution in [2.45, 2.75) is 20.3 Å². The van der Waals surface area contributed by atoms with E-state index in [9.17, 15) is 14.4 Å². The summed E-state index contributed by atoms with van der Waals surface area (Å²) >= 11 is 12.9. The molecule has 6 nitrogen and oxygen atoms in total. The van der Waals surface area contributed by atoms with E-state index in [0.29, 0.717) is 22.0 Å². The highest BCUT2D eigenvalue weighted by molar-refractivity contribution is 7.18. The third-order valence-corrected chi connectivity index (χ3v) is 5.43. The first kappa shape index (κ1) is 21.2. The Morgan fingerprint density at radius 1 is 1.19 bits per heavy atom. The van der Waals surface area contributed by atoms with Crippen LogP contribution in [0.3, 0.4) is 0 Å². The average Bonchev–Trinajstić information content (AvgIpc) is 2.94. The second kappa shape index (κ2) is 9.21. The molecular formula is C18H18Cl2N2O4S. The summed E-state index contributed by atoms with van der Waals surface area (Å²) < 4.78 is 4.80. The molecule has 2 amide bonds. The number of methoxy groups -OCH3 is 1. The largest absolute Gasteiger partial charge is 0.465 e. The molecule has 0 fully saturated rings. The third-order valence-electron chi connectivity index (χ3n) is 3.68. The molecule has 2 N–H and O–H groups in total. The van der Waals surface area contributed by atoms with E-state index < -0.39 is 11.9 Å². The van der Waals surface area contributed by atoms with Crippen LogP contribution in [0.25, 0.3) is 0 Å². The quantitative estimate of drug-likeness (QED) is 0.661. The second-order valence-electron chi connectivity index (χ2n) is 5.59. The van der Waals surface area contributed by atoms with E-state index in [4.69, 9.17) is 27.9 Å². The van der Waals surface area contributed by atoms with Crippen LogP contribution in [-0.4, -0.2) is 31.4 Å². The topological polar surface area (TPSA) is 84.5 Å². The normalized spacial score (nSPS) is 10.4. The molecule has 27 heavy (non-hydrogen) atoms. The van der Waals surface area contributed by atoms with Gasteiger partial charge in [0.1, 0.15) is 5.00 Å². The molecule has 0 radical (unpaired) electrons. The maximum atomic E-state index is 12.6. The summed E-state index contributed by atoms with van der Waals surface area (Å²) in [6.45, 7) is 4.07. The van der Waals surface area contributed by atoms with Gasteiger partial charge in [-0.15, -0.1) is 11.3 Å². The number of carbonyl (C=O) groups is 3. The van der Waals surface area contributed by atoms with Crippen LogP contribution in [0.5, 0.6) is 0 Å². The van der Waals surface area contributed by atoms with Crippen molar-refractivity contribution in [1.29, 1.82) is 0 Å². The first-order valence-corrected chi connectivity index (χ1v) is 9.63. The van der Waals surface area contributed by atoms with Gasteiger partial charge in [0.25, 0.3) is 11.8 Å². The maximum Gasteiger partial charge on any atom is 0.341 e. The Bertz CT molecular complexity index is 896. The molecule has 0 bridgehead atoms. The second-order valence-corrected chi connectivity index (χ2v) is 7.45. The van der Waals surface area contributed by atoms with Gasteiger partial charge in [-0.2, -0.15) is 0 Å². The van der Waals surface area contributed by atoms with Crippen LogP contribution in [0.4, 0.5) is 5.00 Å². The van der Waals surface area contributed by atoms with Crippen LogP contribution in [0.15, 0.2) is 18.2 Å². The first-order valence-electron chi connectivity index (χ1n) is 8.06. The standard InChI is InChI=1S/C18H18Cl2N2O4S/c1-4-7-21-16(24)14-9(2)13(18(25)26-3)17(27-14)22-15(23)11-6-5-10(19)8-12(11)20/h5-6,8H,4,7H2,1-3H3,(H,21,24)(H,22,23). The first-order chi connectivity index (χ1) is 12.8. The van der Waals surface area contributed by atoms with Gasteiger partial charge in [-0.3, -0.25) is 9.59 Å². The molecule has 0 spiro atoms. The van der Waals surface area contributed by atoms with Crippen LogP contribution in [-0.2, 0) is 4.74 Å². The van der Waals surface area contributed by atoms with Crippen molar-refractivity contribution in [2.24, 2.45) is 0 Å². The predicted octanol–water partition coefficient (Wildman–Crippen LogP) is 4.54. The van der Waals surface area contributed by atoms with Gasteiger partial charge in [0, 0.05) is 11.6 Å². The molecular weight excluding hydrogens is 411 g/mol. The number of rotatable bonds is 6. The minimum absolute atomic E-state index is 0.141. The molecule has 0 saturated heterocycles. The van der Waals surface area contributed by atoms with Crippen LogP contribution >= 0.6 is 34.5 Å². The highest BCUT2D eigenvalue weighted by Crippen LogP contribution is 2.34. The van der Waals surface area contributed by atoms with E-state index in [2.05, 4.69) is 10.6 Å². The van der Waals surface area contributed by atoms with Crippen molar-refractivity contribution in [1.82, 2.24) is 5.32 Å². The van der Waals surface area contributed by atoms with E-state index in [1.54, 1.807) is 6.92 Å². The molecule has 0 aliphatic heterocycles. The zero-order chi connectivity index (χ0) is 20.1. The summed E-state index contributed by atoms with van der Waals surface area (Å²) in [6, 6.07) is 4.46. The molecule has 1 aromatic carbocycles. The number of ether oxygens (including phenoxy) is 1. The number of carbonyl (C=O) groups excluding carboxylic acids is 3. The molecule has 0 saturated carbocycles. The lowest BCUT2D eigenvalue weighted by molar-refractivity contribution is 0.0601. The lowest BCUT2D eigenvalue weighted by Gasteiger charge is -2.07. The average molecular weight is 429 g/mol. The number of amides is 2. The van der Waals surface area contributed by atoms with Crippen LogP contribution in [0.1, 0.15) is 49.3 Å². The smallest absolute Gasteiger partial charge is 0.341 e. The van der Waals surface area contributed by atoms with Gasteiger partial charge in [-0.05, 0) is 37.1 Å². The fourth-order valence-corrected chi connectivity index (χ4v) is 3.93. The Morgan fingerprint density at radius 3 is 2.48 bits per heavy atom. The Labute approximate surface area is 170 Å². The van der Waals surface area contributed by atoms with Gasteiger partial charge in [0.05, 0.1) is 28.1 Å². The Morgan fingerprint density at radius 2 is 1.89 bits per heavy atom. The molecule has 2 aromatic rings. The van der Waals surface area contributed by atoms with E-state index in [1.807, 2.05) is 6.92 Å². The Hall–Kier alpha value is -2.09. The van der Waals surface area contributed by atoms with Gasteiger partial charge >= 0.3 is 5.97 Å². The minimum atomic E-state index is -0.643. The molecule has 1 aromatic heterocycles. The fraction of sp³-hybridized carbons (Fsp3) is 0.278. The van der Waals surface area contributed by atoms with Crippen molar-refractivity contribution in [3.8, 4) is 0 Å². The van der Waals surface area contributed by atoms with Gasteiger partial charge in [-0.1, -0.05) is 30.1 Å². The number of hydrogen-bond acceptors (Lipinski definition) is 5. The lowest BCUT2D eigenvalue weighted by Crippen LogP contribution is -2.23. The molecule has 0 unspecified atom stereocenters. The summed E-state index contributed by atoms with van der Waals surface area (Å²) in [6.07, 6.45) is 0.776. The van der Waals surface area contributed by atoms with Crippen molar-refractivity contribution in [2.75, 3.05) is 19.0 Å². The molecule has 0 aliphatic carbocycles. The fourth-order valence-electron chi connectivity index (χ4n) is 2.33. The summed E-state index contributed by atoms with van der Waals surface area (Å²) in [5.41, 5.74) is 0.778. The summed E-state index contributed by atoms with van der Waals surface area (Å²) in [4.78, 5) is 37.5. The van der Waals surface area contributed by atoms with E-state index in [1.165, 1.54) is 25.3 Å². The van der Waals surface area contributed by atoms with E-state index in [0.717, 1.165) is 17.8 Å². The van der Waals surface area contributed by atoms with Crippen molar-refractivity contribution in [3.63, 3.8) is 0 Å². The van der Waals surface area contributed by atoms with Crippen LogP contribution in [0, 0.1) is 6.92 Å². The Kier molecular flexibility index (Phi) is 7.24. The molecule has 0 atom stereocenters. The number of nitrogens with one attached hydrogen (secondary N) is 2. The van der Waals surface area contributed by atoms with E-state index >= 15 is 0 Å². The number of esters is 1. The number of hydrogen-bond donors (Lipinski definition) is 2. The zero-order valence-corrected chi connectivity index (χ0v) is 17.3. The summed E-state index contributed by atoms with van der Waals surface area (Å²) in [5, 5.41) is 6.20. The van der Waals surface area contributed by atoms with Gasteiger partial charge in [0.15, 0.2) is 0 Å². The monoisotopic (exact) mass is 428 g/mol. The van der Waals surface area contributed by atoms with Crippen molar-refractivity contribution >= 4 is 57.3 Å².